The largest absolute Gasteiger partial charge is 0.497 e. The maximum Gasteiger partial charge on any atom is 0.138 e. The summed E-state index contributed by atoms with van der Waals surface area (Å²) in [5, 5.41) is 0. The molecule has 140 valence electrons. The Morgan fingerprint density at radius 2 is 1.36 bits per heavy atom. The minimum Gasteiger partial charge on any atom is -0.497 e. The van der Waals surface area contributed by atoms with Gasteiger partial charge in [0.1, 0.15) is 17.3 Å². The number of hydrogen-bond donors (Lipinski definition) is 2. The van der Waals surface area contributed by atoms with Crippen LogP contribution in [0.5, 0.6) is 11.5 Å². The van der Waals surface area contributed by atoms with Crippen molar-refractivity contribution in [2.75, 3.05) is 20.0 Å². The molecule has 4 aromatic rings. The number of hydrogen-bond acceptors (Lipinski definition) is 4. The molecule has 3 aromatic carbocycles. The van der Waals surface area contributed by atoms with Crippen molar-refractivity contribution in [3.8, 4) is 45.4 Å². The number of nitrogen functional groups attached to an aromatic ring is 1. The summed E-state index contributed by atoms with van der Waals surface area (Å²) >= 11 is 0. The minimum absolute atomic E-state index is 0.719. The predicted octanol–water partition coefficient (Wildman–Crippen LogP) is 5.01. The van der Waals surface area contributed by atoms with E-state index in [0.29, 0.717) is 0 Å². The maximum atomic E-state index is 5.83. The maximum absolute atomic E-state index is 5.83. The zero-order valence-electron chi connectivity index (χ0n) is 15.8. The van der Waals surface area contributed by atoms with Gasteiger partial charge in [-0.15, -0.1) is 0 Å². The van der Waals surface area contributed by atoms with Crippen molar-refractivity contribution in [2.24, 2.45) is 0 Å². The first-order valence-electron chi connectivity index (χ1n) is 8.92. The fraction of sp³-hybridized carbons (Fsp3) is 0.0870. The normalized spacial score (nSPS) is 10.6. The van der Waals surface area contributed by atoms with Crippen LogP contribution in [0.2, 0.25) is 0 Å². The molecule has 0 aliphatic heterocycles. The molecule has 3 N–H and O–H groups in total. The van der Waals surface area contributed by atoms with Crippen molar-refractivity contribution in [1.29, 1.82) is 0 Å². The monoisotopic (exact) mass is 371 g/mol. The zero-order valence-corrected chi connectivity index (χ0v) is 15.8. The molecule has 5 nitrogen and oxygen atoms in total. The summed E-state index contributed by atoms with van der Waals surface area (Å²) in [7, 11) is 3.32. The lowest BCUT2D eigenvalue weighted by molar-refractivity contribution is 0.415. The average molecular weight is 371 g/mol. The number of aromatic nitrogens is 2. The third kappa shape index (κ3) is 3.42. The Bertz CT molecular complexity index is 1040. The van der Waals surface area contributed by atoms with E-state index in [1.54, 1.807) is 14.2 Å². The van der Waals surface area contributed by atoms with E-state index in [1.165, 1.54) is 0 Å². The Hall–Kier alpha value is -3.73. The second-order valence-corrected chi connectivity index (χ2v) is 6.39. The molecule has 28 heavy (non-hydrogen) atoms. The van der Waals surface area contributed by atoms with Crippen LogP contribution in [0.3, 0.4) is 0 Å². The van der Waals surface area contributed by atoms with Crippen molar-refractivity contribution >= 4 is 5.69 Å². The van der Waals surface area contributed by atoms with E-state index < -0.39 is 0 Å². The van der Waals surface area contributed by atoms with Crippen LogP contribution in [0.15, 0.2) is 72.8 Å². The predicted molar refractivity (Wildman–Crippen MR) is 112 cm³/mol. The summed E-state index contributed by atoms with van der Waals surface area (Å²) in [4.78, 5) is 8.37. The molecule has 0 aliphatic carbocycles. The Labute approximate surface area is 163 Å². The first-order valence-corrected chi connectivity index (χ1v) is 8.92. The van der Waals surface area contributed by atoms with E-state index in [1.807, 2.05) is 72.8 Å². The summed E-state index contributed by atoms with van der Waals surface area (Å²) < 4.78 is 10.8. The van der Waals surface area contributed by atoms with E-state index in [9.17, 15) is 0 Å². The van der Waals surface area contributed by atoms with Gasteiger partial charge in [0.15, 0.2) is 0 Å². The van der Waals surface area contributed by atoms with E-state index in [-0.39, 0.29) is 0 Å². The average Bonchev–Trinajstić information content (AvgIpc) is 3.20. The number of H-pyrrole nitrogens is 1. The van der Waals surface area contributed by atoms with Crippen LogP contribution >= 0.6 is 0 Å². The lowest BCUT2D eigenvalue weighted by Gasteiger charge is -2.07. The van der Waals surface area contributed by atoms with E-state index >= 15 is 0 Å². The highest BCUT2D eigenvalue weighted by molar-refractivity contribution is 5.82. The van der Waals surface area contributed by atoms with Crippen LogP contribution in [0.25, 0.3) is 33.9 Å². The third-order valence-corrected chi connectivity index (χ3v) is 4.59. The van der Waals surface area contributed by atoms with Crippen molar-refractivity contribution in [3.63, 3.8) is 0 Å². The molecular formula is C23H21N3O2. The quantitative estimate of drug-likeness (QED) is 0.484. The molecule has 0 atom stereocenters. The van der Waals surface area contributed by atoms with Gasteiger partial charge in [-0.1, -0.05) is 24.3 Å². The summed E-state index contributed by atoms with van der Waals surface area (Å²) in [5.74, 6) is 2.35. The molecule has 1 heterocycles. The molecule has 0 unspecified atom stereocenters. The molecule has 0 aliphatic rings. The molecule has 0 saturated heterocycles. The van der Waals surface area contributed by atoms with Crippen molar-refractivity contribution in [2.45, 2.75) is 0 Å². The smallest absolute Gasteiger partial charge is 0.138 e. The first-order chi connectivity index (χ1) is 13.7. The number of benzene rings is 3. The van der Waals surface area contributed by atoms with Crippen LogP contribution in [0.4, 0.5) is 5.69 Å². The molecule has 0 fully saturated rings. The minimum atomic E-state index is 0.719. The first kappa shape index (κ1) is 17.7. The van der Waals surface area contributed by atoms with Crippen molar-refractivity contribution in [3.05, 3.63) is 72.8 Å². The van der Waals surface area contributed by atoms with Crippen LogP contribution in [-0.2, 0) is 0 Å². The highest BCUT2D eigenvalue weighted by Gasteiger charge is 2.16. The van der Waals surface area contributed by atoms with Gasteiger partial charge in [-0.3, -0.25) is 0 Å². The Kier molecular flexibility index (Phi) is 4.72. The molecule has 0 bridgehead atoms. The molecule has 5 heteroatoms. The van der Waals surface area contributed by atoms with Crippen LogP contribution in [0, 0.1) is 0 Å². The molecular weight excluding hydrogens is 350 g/mol. The standard InChI is InChI=1S/C23H21N3O2/c1-27-19-7-3-5-16(13-19)21-22(17-6-4-8-20(14-17)28-2)26-23(25-21)15-9-11-18(24)12-10-15/h3-14H,24H2,1-2H3,(H,25,26). The van der Waals surface area contributed by atoms with Gasteiger partial charge < -0.3 is 20.2 Å². The Morgan fingerprint density at radius 1 is 0.750 bits per heavy atom. The summed E-state index contributed by atoms with van der Waals surface area (Å²) in [6.45, 7) is 0. The lowest BCUT2D eigenvalue weighted by atomic mass is 10.0. The summed E-state index contributed by atoms with van der Waals surface area (Å²) in [6, 6.07) is 23.4. The summed E-state index contributed by atoms with van der Waals surface area (Å²) in [5.41, 5.74) is 11.2. The SMILES string of the molecule is COc1cccc(-c2nc(-c3ccc(N)cc3)[nH]c2-c2cccc(OC)c2)c1. The third-order valence-electron chi connectivity index (χ3n) is 4.59. The number of nitrogens with two attached hydrogens (primary N) is 1. The van der Waals surface area contributed by atoms with Crippen molar-refractivity contribution < 1.29 is 9.47 Å². The molecule has 4 rings (SSSR count). The molecule has 0 radical (unpaired) electrons. The van der Waals surface area contributed by atoms with Gasteiger partial charge in [0.2, 0.25) is 0 Å². The van der Waals surface area contributed by atoms with Crippen molar-refractivity contribution in [1.82, 2.24) is 9.97 Å². The van der Waals surface area contributed by atoms with Gasteiger partial charge in [-0.05, 0) is 48.5 Å². The van der Waals surface area contributed by atoms with E-state index in [2.05, 4.69) is 4.98 Å². The number of nitrogens with one attached hydrogen (secondary N) is 1. The topological polar surface area (TPSA) is 73.2 Å². The highest BCUT2D eigenvalue weighted by Crippen LogP contribution is 2.35. The Morgan fingerprint density at radius 3 is 2.00 bits per heavy atom. The van der Waals surface area contributed by atoms with Gasteiger partial charge in [0, 0.05) is 22.4 Å². The number of anilines is 1. The van der Waals surface area contributed by atoms with Gasteiger partial charge in [-0.2, -0.15) is 0 Å². The number of methoxy groups -OCH3 is 2. The lowest BCUT2D eigenvalue weighted by Crippen LogP contribution is -1.88. The molecule has 0 spiro atoms. The second-order valence-electron chi connectivity index (χ2n) is 6.39. The number of ether oxygens (including phenoxy) is 2. The fourth-order valence-electron chi connectivity index (χ4n) is 3.12. The number of rotatable bonds is 5. The Balaban J connectivity index is 1.90. The summed E-state index contributed by atoms with van der Waals surface area (Å²) in [6.07, 6.45) is 0. The van der Waals surface area contributed by atoms with E-state index in [0.717, 1.165) is 51.1 Å². The van der Waals surface area contributed by atoms with Gasteiger partial charge >= 0.3 is 0 Å². The number of aromatic amines is 1. The van der Waals surface area contributed by atoms with Gasteiger partial charge in [0.25, 0.3) is 0 Å². The molecule has 0 amide bonds. The van der Waals surface area contributed by atoms with E-state index in [4.69, 9.17) is 20.2 Å². The fourth-order valence-corrected chi connectivity index (χ4v) is 3.12. The van der Waals surface area contributed by atoms with Crippen LogP contribution in [-0.4, -0.2) is 24.2 Å². The van der Waals surface area contributed by atoms with Gasteiger partial charge in [-0.25, -0.2) is 4.98 Å². The van der Waals surface area contributed by atoms with Crippen LogP contribution in [0.1, 0.15) is 0 Å². The van der Waals surface area contributed by atoms with Crippen LogP contribution < -0.4 is 15.2 Å². The second kappa shape index (κ2) is 7.48. The molecule has 0 saturated carbocycles. The van der Waals surface area contributed by atoms with Gasteiger partial charge in [0.05, 0.1) is 25.6 Å². The number of nitrogens with zero attached hydrogens (tertiary/aromatic N) is 1. The molecule has 1 aromatic heterocycles. The highest BCUT2D eigenvalue weighted by atomic mass is 16.5. The zero-order chi connectivity index (χ0) is 19.5. The number of imidazole rings is 1.